The fraction of sp³-hybridized carbons (Fsp3) is 0.667. The van der Waals surface area contributed by atoms with Gasteiger partial charge in [0.2, 0.25) is 0 Å². The molecule has 1 aromatic rings. The first-order valence-electron chi connectivity index (χ1n) is 5.74. The van der Waals surface area contributed by atoms with Gasteiger partial charge in [-0.3, -0.25) is 4.90 Å². The van der Waals surface area contributed by atoms with Crippen molar-refractivity contribution in [3.63, 3.8) is 0 Å². The van der Waals surface area contributed by atoms with Crippen LogP contribution in [0.3, 0.4) is 0 Å². The highest BCUT2D eigenvalue weighted by Crippen LogP contribution is 2.25. The van der Waals surface area contributed by atoms with E-state index in [1.54, 1.807) is 13.3 Å². The van der Waals surface area contributed by atoms with Crippen molar-refractivity contribution in [3.05, 3.63) is 23.8 Å². The maximum absolute atomic E-state index is 13.8. The number of aromatic nitrogens is 2. The van der Waals surface area contributed by atoms with Crippen LogP contribution in [0.5, 0.6) is 0 Å². The van der Waals surface area contributed by atoms with E-state index in [2.05, 4.69) is 14.9 Å². The van der Waals surface area contributed by atoms with Gasteiger partial charge in [-0.05, 0) is 39.3 Å². The molecule has 0 radical (unpaired) electrons. The first-order chi connectivity index (χ1) is 7.55. The average Bonchev–Trinajstić information content (AvgIpc) is 2.15. The summed E-state index contributed by atoms with van der Waals surface area (Å²) in [7, 11) is 0. The summed E-state index contributed by atoms with van der Waals surface area (Å²) < 4.78 is 13.8. The lowest BCUT2D eigenvalue weighted by atomic mass is 9.97. The number of aryl methyl sites for hydroxylation is 1. The molecule has 0 aliphatic carbocycles. The molecular weight excluding hydrogens is 205 g/mol. The highest BCUT2D eigenvalue weighted by Gasteiger charge is 2.30. The summed E-state index contributed by atoms with van der Waals surface area (Å²) in [5.41, 5.74) is 0.899. The van der Waals surface area contributed by atoms with Gasteiger partial charge < -0.3 is 0 Å². The average molecular weight is 223 g/mol. The third-order valence-electron chi connectivity index (χ3n) is 2.97. The van der Waals surface area contributed by atoms with Crippen molar-refractivity contribution in [1.82, 2.24) is 14.9 Å². The van der Waals surface area contributed by atoms with Crippen LogP contribution >= 0.6 is 0 Å². The molecule has 88 valence electrons. The van der Waals surface area contributed by atoms with Gasteiger partial charge in [-0.25, -0.2) is 14.4 Å². The number of rotatable bonds is 2. The second-order valence-corrected chi connectivity index (χ2v) is 4.88. The number of alkyl halides is 1. The standard InChI is InChI=1S/C12H18FN3/c1-10-6-11(15-9-14-10)7-16-5-3-4-12(2,13)8-16/h6,9H,3-5,7-8H2,1-2H3/t12-/m1/s1. The van der Waals surface area contributed by atoms with Crippen molar-refractivity contribution >= 4 is 0 Å². The Morgan fingerprint density at radius 3 is 3.00 bits per heavy atom. The molecule has 16 heavy (non-hydrogen) atoms. The maximum Gasteiger partial charge on any atom is 0.120 e. The van der Waals surface area contributed by atoms with Crippen LogP contribution in [0.15, 0.2) is 12.4 Å². The smallest absolute Gasteiger partial charge is 0.120 e. The molecule has 2 heterocycles. The Hall–Kier alpha value is -1.03. The zero-order valence-corrected chi connectivity index (χ0v) is 9.91. The van der Waals surface area contributed by atoms with Gasteiger partial charge in [0.25, 0.3) is 0 Å². The number of likely N-dealkylation sites (tertiary alicyclic amines) is 1. The van der Waals surface area contributed by atoms with Crippen LogP contribution in [-0.4, -0.2) is 33.6 Å². The zero-order valence-electron chi connectivity index (χ0n) is 9.91. The lowest BCUT2D eigenvalue weighted by Crippen LogP contribution is -2.42. The fourth-order valence-electron chi connectivity index (χ4n) is 2.26. The Labute approximate surface area is 95.7 Å². The van der Waals surface area contributed by atoms with E-state index < -0.39 is 5.67 Å². The minimum Gasteiger partial charge on any atom is -0.294 e. The molecule has 0 saturated carbocycles. The maximum atomic E-state index is 13.8. The molecule has 0 unspecified atom stereocenters. The quantitative estimate of drug-likeness (QED) is 0.769. The van der Waals surface area contributed by atoms with E-state index in [1.807, 2.05) is 13.0 Å². The SMILES string of the molecule is Cc1cc(CN2CCC[C@@](C)(F)C2)ncn1. The van der Waals surface area contributed by atoms with Gasteiger partial charge in [0, 0.05) is 18.8 Å². The van der Waals surface area contributed by atoms with Crippen LogP contribution in [-0.2, 0) is 6.54 Å². The Morgan fingerprint density at radius 2 is 2.31 bits per heavy atom. The van der Waals surface area contributed by atoms with Crippen molar-refractivity contribution in [2.75, 3.05) is 13.1 Å². The third-order valence-corrected chi connectivity index (χ3v) is 2.97. The topological polar surface area (TPSA) is 29.0 Å². The molecule has 0 amide bonds. The van der Waals surface area contributed by atoms with Gasteiger partial charge in [0.05, 0.1) is 5.69 Å². The van der Waals surface area contributed by atoms with Gasteiger partial charge in [0.15, 0.2) is 0 Å². The van der Waals surface area contributed by atoms with E-state index in [0.29, 0.717) is 13.0 Å². The summed E-state index contributed by atoms with van der Waals surface area (Å²) >= 11 is 0. The molecular formula is C12H18FN3. The van der Waals surface area contributed by atoms with Crippen LogP contribution in [0.1, 0.15) is 31.2 Å². The second kappa shape index (κ2) is 4.45. The number of hydrogen-bond donors (Lipinski definition) is 0. The second-order valence-electron chi connectivity index (χ2n) is 4.88. The van der Waals surface area contributed by atoms with Crippen LogP contribution in [0.4, 0.5) is 4.39 Å². The molecule has 0 bridgehead atoms. The number of hydrogen-bond acceptors (Lipinski definition) is 3. The first kappa shape index (κ1) is 11.5. The monoisotopic (exact) mass is 223 g/mol. The van der Waals surface area contributed by atoms with Crippen molar-refractivity contribution < 1.29 is 4.39 Å². The first-order valence-corrected chi connectivity index (χ1v) is 5.74. The molecule has 1 aromatic heterocycles. The number of nitrogens with zero attached hydrogens (tertiary/aromatic N) is 3. The molecule has 1 fully saturated rings. The molecule has 0 spiro atoms. The van der Waals surface area contributed by atoms with Gasteiger partial charge >= 0.3 is 0 Å². The summed E-state index contributed by atoms with van der Waals surface area (Å²) in [4.78, 5) is 10.4. The summed E-state index contributed by atoms with van der Waals surface area (Å²) in [6.07, 6.45) is 3.17. The molecule has 0 N–H and O–H groups in total. The summed E-state index contributed by atoms with van der Waals surface area (Å²) in [6.45, 7) is 5.83. The number of piperidine rings is 1. The van der Waals surface area contributed by atoms with E-state index in [0.717, 1.165) is 30.9 Å². The van der Waals surface area contributed by atoms with Crippen molar-refractivity contribution in [2.24, 2.45) is 0 Å². The largest absolute Gasteiger partial charge is 0.294 e. The molecule has 1 aliphatic rings. The summed E-state index contributed by atoms with van der Waals surface area (Å²) in [5, 5.41) is 0. The van der Waals surface area contributed by atoms with E-state index in [9.17, 15) is 4.39 Å². The molecule has 3 nitrogen and oxygen atoms in total. The van der Waals surface area contributed by atoms with Crippen molar-refractivity contribution in [1.29, 1.82) is 0 Å². The summed E-state index contributed by atoms with van der Waals surface area (Å²) in [6, 6.07) is 1.96. The van der Waals surface area contributed by atoms with E-state index >= 15 is 0 Å². The van der Waals surface area contributed by atoms with Gasteiger partial charge in [0.1, 0.15) is 12.0 Å². The molecule has 1 atom stereocenters. The van der Waals surface area contributed by atoms with Crippen LogP contribution in [0, 0.1) is 6.92 Å². The predicted molar refractivity (Wildman–Crippen MR) is 60.8 cm³/mol. The molecule has 0 aromatic carbocycles. The van der Waals surface area contributed by atoms with Gasteiger partial charge in [-0.2, -0.15) is 0 Å². The third kappa shape index (κ3) is 2.98. The Kier molecular flexibility index (Phi) is 3.19. The predicted octanol–water partition coefficient (Wildman–Crippen LogP) is 2.11. The zero-order chi connectivity index (χ0) is 11.6. The van der Waals surface area contributed by atoms with Crippen molar-refractivity contribution in [2.45, 2.75) is 38.9 Å². The van der Waals surface area contributed by atoms with Crippen LogP contribution in [0.25, 0.3) is 0 Å². The Bertz CT molecular complexity index is 365. The minimum absolute atomic E-state index is 0.510. The normalized spacial score (nSPS) is 26.9. The van der Waals surface area contributed by atoms with Crippen LogP contribution in [0.2, 0.25) is 0 Å². The van der Waals surface area contributed by atoms with Gasteiger partial charge in [-0.1, -0.05) is 0 Å². The lowest BCUT2D eigenvalue weighted by Gasteiger charge is -2.34. The Balaban J connectivity index is 1.99. The van der Waals surface area contributed by atoms with Crippen LogP contribution < -0.4 is 0 Å². The Morgan fingerprint density at radius 1 is 1.50 bits per heavy atom. The van der Waals surface area contributed by atoms with Crippen molar-refractivity contribution in [3.8, 4) is 0 Å². The van der Waals surface area contributed by atoms with E-state index in [4.69, 9.17) is 0 Å². The van der Waals surface area contributed by atoms with E-state index in [-0.39, 0.29) is 0 Å². The fourth-order valence-corrected chi connectivity index (χ4v) is 2.26. The molecule has 1 saturated heterocycles. The lowest BCUT2D eigenvalue weighted by molar-refractivity contribution is 0.0556. The molecule has 1 aliphatic heterocycles. The highest BCUT2D eigenvalue weighted by molar-refractivity contribution is 5.06. The minimum atomic E-state index is -1.04. The van der Waals surface area contributed by atoms with E-state index in [1.165, 1.54) is 0 Å². The molecule has 2 rings (SSSR count). The summed E-state index contributed by atoms with van der Waals surface area (Å²) in [5.74, 6) is 0. The molecule has 4 heteroatoms. The van der Waals surface area contributed by atoms with Gasteiger partial charge in [-0.15, -0.1) is 0 Å². The number of halogens is 1. The highest BCUT2D eigenvalue weighted by atomic mass is 19.1.